The maximum Gasteiger partial charge on any atom is 0.159 e. The lowest BCUT2D eigenvalue weighted by molar-refractivity contribution is 0.0328. The molecule has 3 rings (SSSR count). The molecule has 1 saturated heterocycles. The smallest absolute Gasteiger partial charge is 0.159 e. The molecule has 0 saturated carbocycles. The summed E-state index contributed by atoms with van der Waals surface area (Å²) in [6.07, 6.45) is 3.22. The minimum atomic E-state index is -0.448. The monoisotopic (exact) mass is 303 g/mol. The lowest BCUT2D eigenvalue weighted by atomic mass is 9.97. The van der Waals surface area contributed by atoms with E-state index >= 15 is 0 Å². The molecule has 2 aromatic rings. The van der Waals surface area contributed by atoms with Crippen LogP contribution in [-0.2, 0) is 4.74 Å². The fourth-order valence-electron chi connectivity index (χ4n) is 2.38. The molecule has 0 unspecified atom stereocenters. The number of hydrogen-bond acceptors (Lipinski definition) is 5. The first-order valence-corrected chi connectivity index (χ1v) is 7.26. The van der Waals surface area contributed by atoms with Gasteiger partial charge in [0.1, 0.15) is 5.75 Å². The van der Waals surface area contributed by atoms with Gasteiger partial charge in [0.05, 0.1) is 25.6 Å². The molecule has 6 heteroatoms. The van der Waals surface area contributed by atoms with Crippen molar-refractivity contribution in [2.24, 2.45) is 11.7 Å². The summed E-state index contributed by atoms with van der Waals surface area (Å²) < 4.78 is 23.9. The first kappa shape index (κ1) is 14.9. The maximum atomic E-state index is 12.8. The average molecular weight is 303 g/mol. The van der Waals surface area contributed by atoms with Crippen LogP contribution in [0.1, 0.15) is 6.42 Å². The summed E-state index contributed by atoms with van der Waals surface area (Å²) in [4.78, 5) is 7.90. The van der Waals surface area contributed by atoms with Crippen molar-refractivity contribution in [2.45, 2.75) is 12.5 Å². The van der Waals surface area contributed by atoms with Crippen molar-refractivity contribution >= 4 is 0 Å². The summed E-state index contributed by atoms with van der Waals surface area (Å²) in [5.74, 6) is 1.12. The van der Waals surface area contributed by atoms with E-state index in [4.69, 9.17) is 15.2 Å². The lowest BCUT2D eigenvalue weighted by Crippen LogP contribution is -2.42. The molecule has 116 valence electrons. The lowest BCUT2D eigenvalue weighted by Gasteiger charge is -2.28. The van der Waals surface area contributed by atoms with Crippen LogP contribution in [0.5, 0.6) is 5.75 Å². The Morgan fingerprint density at radius 2 is 1.95 bits per heavy atom. The summed E-state index contributed by atoms with van der Waals surface area (Å²) in [6.45, 7) is 1.91. The van der Waals surface area contributed by atoms with E-state index in [9.17, 15) is 4.39 Å². The summed E-state index contributed by atoms with van der Waals surface area (Å²) >= 11 is 0. The fraction of sp³-hybridized carbons (Fsp3) is 0.375. The highest BCUT2D eigenvalue weighted by Crippen LogP contribution is 2.21. The van der Waals surface area contributed by atoms with E-state index in [1.165, 1.54) is 0 Å². The van der Waals surface area contributed by atoms with E-state index in [-0.39, 0.29) is 6.04 Å². The minimum Gasteiger partial charge on any atom is -0.493 e. The normalized spacial score (nSPS) is 21.5. The van der Waals surface area contributed by atoms with Gasteiger partial charge in [-0.3, -0.25) is 0 Å². The predicted octanol–water partition coefficient (Wildman–Crippen LogP) is 2.03. The Labute approximate surface area is 128 Å². The maximum absolute atomic E-state index is 12.8. The van der Waals surface area contributed by atoms with Gasteiger partial charge in [0.2, 0.25) is 0 Å². The number of hydrogen-bond donors (Lipinski definition) is 1. The van der Waals surface area contributed by atoms with Gasteiger partial charge < -0.3 is 15.2 Å². The van der Waals surface area contributed by atoms with Crippen LogP contribution in [0.15, 0.2) is 36.7 Å². The van der Waals surface area contributed by atoms with Gasteiger partial charge >= 0.3 is 0 Å². The Morgan fingerprint density at radius 3 is 2.64 bits per heavy atom. The summed E-state index contributed by atoms with van der Waals surface area (Å²) in [6, 6.07) is 7.44. The first-order chi connectivity index (χ1) is 10.7. The molecule has 22 heavy (non-hydrogen) atoms. The average Bonchev–Trinajstić information content (AvgIpc) is 2.55. The Morgan fingerprint density at radius 1 is 1.23 bits per heavy atom. The van der Waals surface area contributed by atoms with E-state index in [1.54, 1.807) is 0 Å². The molecule has 2 N–H and O–H groups in total. The molecule has 1 aliphatic rings. The van der Waals surface area contributed by atoms with Crippen molar-refractivity contribution in [1.29, 1.82) is 0 Å². The molecule has 2 atom stereocenters. The number of ether oxygens (including phenoxy) is 2. The van der Waals surface area contributed by atoms with Crippen LogP contribution in [0.2, 0.25) is 0 Å². The molecular formula is C16H18FN3O2. The molecule has 0 radical (unpaired) electrons. The first-order valence-electron chi connectivity index (χ1n) is 7.26. The largest absolute Gasteiger partial charge is 0.493 e. The van der Waals surface area contributed by atoms with Crippen molar-refractivity contribution in [2.75, 3.05) is 19.8 Å². The van der Waals surface area contributed by atoms with Crippen molar-refractivity contribution in [1.82, 2.24) is 9.97 Å². The van der Waals surface area contributed by atoms with E-state index in [0.29, 0.717) is 25.0 Å². The summed E-state index contributed by atoms with van der Waals surface area (Å²) in [7, 11) is 0. The zero-order valence-electron chi connectivity index (χ0n) is 12.1. The molecule has 0 spiro atoms. The van der Waals surface area contributed by atoms with Gasteiger partial charge in [-0.1, -0.05) is 0 Å². The van der Waals surface area contributed by atoms with Gasteiger partial charge in [0, 0.05) is 24.1 Å². The third-order valence-corrected chi connectivity index (χ3v) is 3.75. The Bertz CT molecular complexity index is 604. The second-order valence-corrected chi connectivity index (χ2v) is 5.35. The van der Waals surface area contributed by atoms with Crippen LogP contribution in [0, 0.1) is 11.7 Å². The van der Waals surface area contributed by atoms with Crippen LogP contribution in [0.4, 0.5) is 4.39 Å². The van der Waals surface area contributed by atoms with Crippen molar-refractivity contribution in [3.05, 3.63) is 42.5 Å². The van der Waals surface area contributed by atoms with Gasteiger partial charge in [-0.05, 0) is 30.7 Å². The topological polar surface area (TPSA) is 70.3 Å². The third-order valence-electron chi connectivity index (χ3n) is 3.75. The third kappa shape index (κ3) is 3.58. The van der Waals surface area contributed by atoms with E-state index < -0.39 is 5.82 Å². The van der Waals surface area contributed by atoms with Crippen LogP contribution in [0.25, 0.3) is 11.4 Å². The van der Waals surface area contributed by atoms with Gasteiger partial charge in [0.25, 0.3) is 0 Å². The SMILES string of the molecule is N[C@H]1COCC[C@@H]1COc1ccc(-c2ncc(F)cn2)cc1. The molecule has 0 amide bonds. The number of nitrogens with two attached hydrogens (primary N) is 1. The molecule has 0 aliphatic carbocycles. The predicted molar refractivity (Wildman–Crippen MR) is 79.8 cm³/mol. The second kappa shape index (κ2) is 6.81. The molecule has 0 bridgehead atoms. The number of halogens is 1. The van der Waals surface area contributed by atoms with Gasteiger partial charge in [-0.2, -0.15) is 0 Å². The van der Waals surface area contributed by atoms with E-state index in [2.05, 4.69) is 9.97 Å². The molecule has 1 aromatic carbocycles. The van der Waals surface area contributed by atoms with Crippen molar-refractivity contribution < 1.29 is 13.9 Å². The molecule has 5 nitrogen and oxygen atoms in total. The zero-order valence-corrected chi connectivity index (χ0v) is 12.1. The van der Waals surface area contributed by atoms with Gasteiger partial charge in [0.15, 0.2) is 11.6 Å². The number of aromatic nitrogens is 2. The highest BCUT2D eigenvalue weighted by Gasteiger charge is 2.22. The molecule has 2 heterocycles. The Kier molecular flexibility index (Phi) is 4.60. The van der Waals surface area contributed by atoms with Crippen LogP contribution in [-0.4, -0.2) is 35.8 Å². The quantitative estimate of drug-likeness (QED) is 0.936. The summed E-state index contributed by atoms with van der Waals surface area (Å²) in [5, 5.41) is 0. The molecule has 1 aliphatic heterocycles. The fourth-order valence-corrected chi connectivity index (χ4v) is 2.38. The van der Waals surface area contributed by atoms with Crippen LogP contribution in [0.3, 0.4) is 0 Å². The number of nitrogens with zero attached hydrogens (tertiary/aromatic N) is 2. The highest BCUT2D eigenvalue weighted by molar-refractivity contribution is 5.55. The number of benzene rings is 1. The molecule has 1 aromatic heterocycles. The second-order valence-electron chi connectivity index (χ2n) is 5.35. The Hall–Kier alpha value is -2.05. The van der Waals surface area contributed by atoms with Gasteiger partial charge in [-0.25, -0.2) is 14.4 Å². The van der Waals surface area contributed by atoms with Gasteiger partial charge in [-0.15, -0.1) is 0 Å². The van der Waals surface area contributed by atoms with Crippen LogP contribution >= 0.6 is 0 Å². The van der Waals surface area contributed by atoms with Crippen LogP contribution < -0.4 is 10.5 Å². The number of rotatable bonds is 4. The zero-order chi connectivity index (χ0) is 15.4. The van der Waals surface area contributed by atoms with Crippen molar-refractivity contribution in [3.63, 3.8) is 0 Å². The highest BCUT2D eigenvalue weighted by atomic mass is 19.1. The van der Waals surface area contributed by atoms with E-state index in [1.807, 2.05) is 24.3 Å². The molecule has 1 fully saturated rings. The standard InChI is InChI=1S/C16H18FN3O2/c17-13-7-19-16(20-8-13)11-1-3-14(4-2-11)22-9-12-5-6-21-10-15(12)18/h1-4,7-8,12,15H,5-6,9-10,18H2/t12-,15+/m1/s1. The Balaban J connectivity index is 1.60. The minimum absolute atomic E-state index is 0.0284. The van der Waals surface area contributed by atoms with Crippen molar-refractivity contribution in [3.8, 4) is 17.1 Å². The molecular weight excluding hydrogens is 285 g/mol. The summed E-state index contributed by atoms with van der Waals surface area (Å²) in [5.41, 5.74) is 6.82. The van der Waals surface area contributed by atoms with E-state index in [0.717, 1.165) is 36.7 Å².